The Labute approximate surface area is 157 Å². The fourth-order valence-corrected chi connectivity index (χ4v) is 2.73. The summed E-state index contributed by atoms with van der Waals surface area (Å²) in [6.45, 7) is 0. The Kier molecular flexibility index (Phi) is 5.82. The number of carbonyl (C=O) groups is 2. The van der Waals surface area contributed by atoms with Gasteiger partial charge in [-0.05, 0) is 17.7 Å². The van der Waals surface area contributed by atoms with E-state index < -0.39 is 12.1 Å². The van der Waals surface area contributed by atoms with Crippen molar-refractivity contribution in [1.29, 1.82) is 0 Å². The smallest absolute Gasteiger partial charge is 0.311 e. The number of hydrogen-bond donors (Lipinski definition) is 0. The van der Waals surface area contributed by atoms with Crippen molar-refractivity contribution in [3.8, 4) is 0 Å². The van der Waals surface area contributed by atoms with Crippen LogP contribution in [0.25, 0.3) is 0 Å². The topological polar surface area (TPSA) is 43.4 Å². The molecule has 0 saturated heterocycles. The van der Waals surface area contributed by atoms with Crippen molar-refractivity contribution < 1.29 is 14.3 Å². The van der Waals surface area contributed by atoms with Gasteiger partial charge in [0.25, 0.3) is 0 Å². The van der Waals surface area contributed by atoms with Gasteiger partial charge in [-0.3, -0.25) is 9.59 Å². The van der Waals surface area contributed by atoms with E-state index in [1.165, 1.54) is 0 Å². The molecule has 3 aromatic carbocycles. The van der Waals surface area contributed by atoms with Crippen LogP contribution in [0.2, 0.25) is 5.02 Å². The summed E-state index contributed by atoms with van der Waals surface area (Å²) in [5.41, 5.74) is 1.91. The van der Waals surface area contributed by atoms with E-state index in [9.17, 15) is 9.59 Å². The molecule has 130 valence electrons. The van der Waals surface area contributed by atoms with Crippen LogP contribution in [0.4, 0.5) is 0 Å². The molecule has 0 radical (unpaired) electrons. The van der Waals surface area contributed by atoms with Gasteiger partial charge < -0.3 is 4.74 Å². The van der Waals surface area contributed by atoms with Gasteiger partial charge in [0.15, 0.2) is 6.10 Å². The Hall–Kier alpha value is -2.91. The van der Waals surface area contributed by atoms with Crippen molar-refractivity contribution in [1.82, 2.24) is 0 Å². The van der Waals surface area contributed by atoms with Gasteiger partial charge in [0.05, 0.1) is 6.42 Å². The highest BCUT2D eigenvalue weighted by molar-refractivity contribution is 6.30. The highest BCUT2D eigenvalue weighted by Crippen LogP contribution is 2.25. The third kappa shape index (κ3) is 4.58. The number of rotatable bonds is 6. The highest BCUT2D eigenvalue weighted by atomic mass is 35.5. The van der Waals surface area contributed by atoms with Crippen molar-refractivity contribution >= 4 is 23.4 Å². The van der Waals surface area contributed by atoms with Crippen LogP contribution in [0.3, 0.4) is 0 Å². The van der Waals surface area contributed by atoms with Crippen LogP contribution in [-0.2, 0) is 16.0 Å². The summed E-state index contributed by atoms with van der Waals surface area (Å²) < 4.78 is 5.57. The van der Waals surface area contributed by atoms with Gasteiger partial charge in [-0.2, -0.15) is 0 Å². The Balaban J connectivity index is 1.84. The number of carbonyl (C=O) groups excluding carboxylic acids is 2. The summed E-state index contributed by atoms with van der Waals surface area (Å²) in [7, 11) is 0. The minimum absolute atomic E-state index is 0.104. The third-order valence-corrected chi connectivity index (χ3v) is 4.16. The van der Waals surface area contributed by atoms with Crippen LogP contribution in [-0.4, -0.2) is 11.8 Å². The largest absolute Gasteiger partial charge is 0.449 e. The predicted molar refractivity (Wildman–Crippen MR) is 101 cm³/mol. The number of esters is 1. The maximum atomic E-state index is 12.9. The third-order valence-electron chi connectivity index (χ3n) is 3.91. The number of benzene rings is 3. The normalized spacial score (nSPS) is 11.6. The number of hydrogen-bond acceptors (Lipinski definition) is 3. The van der Waals surface area contributed by atoms with Crippen LogP contribution in [0, 0.1) is 0 Å². The lowest BCUT2D eigenvalue weighted by molar-refractivity contribution is -0.146. The quantitative estimate of drug-likeness (QED) is 0.454. The molecule has 0 fully saturated rings. The molecule has 0 heterocycles. The number of halogens is 1. The second-order valence-electron chi connectivity index (χ2n) is 5.81. The molecule has 0 bridgehead atoms. The van der Waals surface area contributed by atoms with Crippen molar-refractivity contribution in [3.05, 3.63) is 107 Å². The van der Waals surface area contributed by atoms with Gasteiger partial charge in [0, 0.05) is 16.1 Å². The van der Waals surface area contributed by atoms with E-state index in [1.54, 1.807) is 48.5 Å². The molecule has 0 spiro atoms. The first-order valence-corrected chi connectivity index (χ1v) is 8.59. The SMILES string of the molecule is O=C(Cc1ccccc1)O[C@H](C(=O)c1ccccc1)c1ccc(Cl)cc1. The Bertz CT molecular complexity index is 874. The van der Waals surface area contributed by atoms with Crippen LogP contribution >= 0.6 is 11.6 Å². The van der Waals surface area contributed by atoms with Crippen molar-refractivity contribution in [3.63, 3.8) is 0 Å². The van der Waals surface area contributed by atoms with Crippen LogP contribution in [0.1, 0.15) is 27.6 Å². The Morgan fingerprint density at radius 3 is 2.00 bits per heavy atom. The van der Waals surface area contributed by atoms with Crippen LogP contribution < -0.4 is 0 Å². The van der Waals surface area contributed by atoms with Gasteiger partial charge in [0.1, 0.15) is 0 Å². The summed E-state index contributed by atoms with van der Waals surface area (Å²) in [6.07, 6.45) is -0.904. The molecule has 0 aliphatic heterocycles. The average Bonchev–Trinajstić information content (AvgIpc) is 2.68. The number of ketones is 1. The molecule has 0 amide bonds. The first-order chi connectivity index (χ1) is 12.6. The average molecular weight is 365 g/mol. The molecule has 0 aliphatic rings. The summed E-state index contributed by atoms with van der Waals surface area (Å²) in [4.78, 5) is 25.3. The maximum absolute atomic E-state index is 12.9. The Morgan fingerprint density at radius 1 is 0.808 bits per heavy atom. The summed E-state index contributed by atoms with van der Waals surface area (Å²) in [5.74, 6) is -0.727. The molecule has 3 aromatic rings. The van der Waals surface area contributed by atoms with Crippen LogP contribution in [0.5, 0.6) is 0 Å². The first kappa shape index (κ1) is 17.9. The monoisotopic (exact) mass is 364 g/mol. The van der Waals surface area contributed by atoms with E-state index in [1.807, 2.05) is 36.4 Å². The van der Waals surface area contributed by atoms with Gasteiger partial charge >= 0.3 is 5.97 Å². The van der Waals surface area contributed by atoms with Gasteiger partial charge in [-0.15, -0.1) is 0 Å². The fraction of sp³-hybridized carbons (Fsp3) is 0.0909. The lowest BCUT2D eigenvalue weighted by atomic mass is 9.99. The number of Topliss-reactive ketones (excluding diaryl/α,β-unsaturated/α-hetero) is 1. The zero-order valence-electron chi connectivity index (χ0n) is 14.0. The minimum atomic E-state index is -1.01. The van der Waals surface area contributed by atoms with Crippen molar-refractivity contribution in [2.75, 3.05) is 0 Å². The lowest BCUT2D eigenvalue weighted by Gasteiger charge is -2.17. The fourth-order valence-electron chi connectivity index (χ4n) is 2.60. The molecular weight excluding hydrogens is 348 g/mol. The number of ether oxygens (including phenoxy) is 1. The summed E-state index contributed by atoms with van der Waals surface area (Å²) in [6, 6.07) is 24.8. The molecule has 0 unspecified atom stereocenters. The Morgan fingerprint density at radius 2 is 1.38 bits per heavy atom. The van der Waals surface area contributed by atoms with E-state index in [-0.39, 0.29) is 12.2 Å². The second kappa shape index (κ2) is 8.45. The molecule has 3 rings (SSSR count). The maximum Gasteiger partial charge on any atom is 0.311 e. The molecule has 0 aliphatic carbocycles. The van der Waals surface area contributed by atoms with E-state index >= 15 is 0 Å². The van der Waals surface area contributed by atoms with Crippen molar-refractivity contribution in [2.45, 2.75) is 12.5 Å². The standard InChI is InChI=1S/C22H17ClO3/c23-19-13-11-18(12-14-19)22(21(25)17-9-5-2-6-10-17)26-20(24)15-16-7-3-1-4-8-16/h1-14,22H,15H2/t22-/m0/s1. The molecule has 0 N–H and O–H groups in total. The van der Waals surface area contributed by atoms with Crippen LogP contribution in [0.15, 0.2) is 84.9 Å². The zero-order chi connectivity index (χ0) is 18.4. The predicted octanol–water partition coefficient (Wildman–Crippen LogP) is 5.05. The van der Waals surface area contributed by atoms with E-state index in [2.05, 4.69) is 0 Å². The molecule has 1 atom stereocenters. The van der Waals surface area contributed by atoms with Gasteiger partial charge in [-0.25, -0.2) is 0 Å². The molecule has 4 heteroatoms. The second-order valence-corrected chi connectivity index (χ2v) is 6.25. The van der Waals surface area contributed by atoms with E-state index in [4.69, 9.17) is 16.3 Å². The lowest BCUT2D eigenvalue weighted by Crippen LogP contribution is -2.21. The molecule has 3 nitrogen and oxygen atoms in total. The molecule has 0 saturated carbocycles. The van der Waals surface area contributed by atoms with E-state index in [0.29, 0.717) is 16.1 Å². The van der Waals surface area contributed by atoms with Crippen molar-refractivity contribution in [2.24, 2.45) is 0 Å². The van der Waals surface area contributed by atoms with E-state index in [0.717, 1.165) is 5.56 Å². The zero-order valence-corrected chi connectivity index (χ0v) is 14.7. The van der Waals surface area contributed by atoms with Gasteiger partial charge in [0.2, 0.25) is 5.78 Å². The van der Waals surface area contributed by atoms with Gasteiger partial charge in [-0.1, -0.05) is 84.4 Å². The summed E-state index contributed by atoms with van der Waals surface area (Å²) in [5, 5.41) is 0.551. The molecule has 26 heavy (non-hydrogen) atoms. The summed E-state index contributed by atoms with van der Waals surface area (Å²) >= 11 is 5.93. The molecular formula is C22H17ClO3. The molecule has 0 aromatic heterocycles. The minimum Gasteiger partial charge on any atom is -0.449 e. The first-order valence-electron chi connectivity index (χ1n) is 8.21. The highest BCUT2D eigenvalue weighted by Gasteiger charge is 2.26.